The predicted molar refractivity (Wildman–Crippen MR) is 79.8 cm³/mol. The lowest BCUT2D eigenvalue weighted by Gasteiger charge is -2.46. The van der Waals surface area contributed by atoms with Gasteiger partial charge in [-0.3, -0.25) is 9.88 Å². The fraction of sp³-hybridized carbons (Fsp3) is 0.786. The number of likely N-dealkylation sites (N-methyl/N-ethyl adjacent to an activating group) is 1. The number of morpholine rings is 1. The third-order valence-corrected chi connectivity index (χ3v) is 4.82. The van der Waals surface area contributed by atoms with Gasteiger partial charge >= 0.3 is 0 Å². The third kappa shape index (κ3) is 3.75. The molecule has 0 aromatic carbocycles. The van der Waals surface area contributed by atoms with Crippen molar-refractivity contribution in [2.45, 2.75) is 38.8 Å². The van der Waals surface area contributed by atoms with Crippen LogP contribution < -0.4 is 5.32 Å². The number of nitrogens with one attached hydrogen (secondary N) is 1. The zero-order valence-corrected chi connectivity index (χ0v) is 13.0. The van der Waals surface area contributed by atoms with Gasteiger partial charge in [0.25, 0.3) is 0 Å². The molecule has 1 saturated heterocycles. The van der Waals surface area contributed by atoms with E-state index in [-0.39, 0.29) is 5.54 Å². The summed E-state index contributed by atoms with van der Waals surface area (Å²) in [7, 11) is 0. The van der Waals surface area contributed by atoms with Crippen LogP contribution in [0.2, 0.25) is 0 Å². The lowest BCUT2D eigenvalue weighted by Crippen LogP contribution is -2.61. The number of rotatable bonds is 6. The molecule has 0 saturated carbocycles. The molecule has 1 N–H and O–H groups in total. The van der Waals surface area contributed by atoms with Gasteiger partial charge in [-0.2, -0.15) is 0 Å². The van der Waals surface area contributed by atoms with Gasteiger partial charge in [-0.1, -0.05) is 6.92 Å². The minimum Gasteiger partial charge on any atom is -0.379 e. The van der Waals surface area contributed by atoms with Crippen LogP contribution in [0.5, 0.6) is 0 Å². The number of aromatic nitrogens is 1. The molecule has 0 aliphatic carbocycles. The summed E-state index contributed by atoms with van der Waals surface area (Å²) in [6.45, 7) is 11.6. The molecule has 1 aromatic rings. The van der Waals surface area contributed by atoms with Crippen LogP contribution in [-0.4, -0.2) is 54.3 Å². The first-order valence-electron chi connectivity index (χ1n) is 7.08. The summed E-state index contributed by atoms with van der Waals surface area (Å²) in [5.41, 5.74) is 2.05. The van der Waals surface area contributed by atoms with Gasteiger partial charge in [-0.25, -0.2) is 0 Å². The summed E-state index contributed by atoms with van der Waals surface area (Å²) >= 11 is 1.75. The van der Waals surface area contributed by atoms with Crippen LogP contribution in [-0.2, 0) is 11.2 Å². The van der Waals surface area contributed by atoms with Crippen molar-refractivity contribution in [1.29, 1.82) is 0 Å². The molecule has 1 atom stereocenters. The van der Waals surface area contributed by atoms with Crippen molar-refractivity contribution < 1.29 is 4.74 Å². The second-order valence-electron chi connectivity index (χ2n) is 5.54. The van der Waals surface area contributed by atoms with Crippen molar-refractivity contribution in [3.8, 4) is 0 Å². The molecule has 1 aliphatic heterocycles. The Morgan fingerprint density at radius 1 is 1.47 bits per heavy atom. The molecule has 2 rings (SSSR count). The fourth-order valence-electron chi connectivity index (χ4n) is 2.72. The van der Waals surface area contributed by atoms with E-state index in [9.17, 15) is 0 Å². The van der Waals surface area contributed by atoms with E-state index in [0.717, 1.165) is 39.3 Å². The van der Waals surface area contributed by atoms with Gasteiger partial charge in [0.05, 0.1) is 18.7 Å². The Bertz CT molecular complexity index is 361. The number of nitrogens with zero attached hydrogens (tertiary/aromatic N) is 2. The molecule has 0 bridgehead atoms. The number of ether oxygens (including phenoxy) is 1. The Hall–Kier alpha value is -0.490. The molecule has 1 fully saturated rings. The zero-order valence-electron chi connectivity index (χ0n) is 12.2. The molecule has 5 heteroatoms. The van der Waals surface area contributed by atoms with Gasteiger partial charge in [0.1, 0.15) is 0 Å². The average Bonchev–Trinajstić information content (AvgIpc) is 2.92. The molecule has 0 radical (unpaired) electrons. The molecule has 108 valence electrons. The molecule has 19 heavy (non-hydrogen) atoms. The van der Waals surface area contributed by atoms with Crippen molar-refractivity contribution in [3.63, 3.8) is 0 Å². The first-order valence-corrected chi connectivity index (χ1v) is 7.96. The topological polar surface area (TPSA) is 37.4 Å². The molecule has 1 aromatic heterocycles. The van der Waals surface area contributed by atoms with Crippen LogP contribution in [0.25, 0.3) is 0 Å². The predicted octanol–water partition coefficient (Wildman–Crippen LogP) is 1.77. The third-order valence-electron chi connectivity index (χ3n) is 4.02. The number of hydrogen-bond acceptors (Lipinski definition) is 5. The maximum Gasteiger partial charge on any atom is 0.0794 e. The molecule has 2 heterocycles. The Balaban J connectivity index is 2.06. The van der Waals surface area contributed by atoms with Crippen LogP contribution in [0.3, 0.4) is 0 Å². The van der Waals surface area contributed by atoms with Crippen molar-refractivity contribution in [2.75, 3.05) is 32.8 Å². The highest BCUT2D eigenvalue weighted by Gasteiger charge is 2.35. The summed E-state index contributed by atoms with van der Waals surface area (Å²) in [6.07, 6.45) is 3.03. The van der Waals surface area contributed by atoms with Gasteiger partial charge in [-0.05, 0) is 20.4 Å². The molecule has 4 nitrogen and oxygen atoms in total. The largest absolute Gasteiger partial charge is 0.379 e. The zero-order chi connectivity index (χ0) is 13.7. The van der Waals surface area contributed by atoms with Crippen LogP contribution in [0.15, 0.2) is 11.7 Å². The summed E-state index contributed by atoms with van der Waals surface area (Å²) in [6, 6.07) is 0.441. The van der Waals surface area contributed by atoms with E-state index in [2.05, 4.69) is 36.0 Å². The highest BCUT2D eigenvalue weighted by Crippen LogP contribution is 2.24. The van der Waals surface area contributed by atoms with Crippen molar-refractivity contribution in [2.24, 2.45) is 0 Å². The fourth-order valence-corrected chi connectivity index (χ4v) is 3.36. The highest BCUT2D eigenvalue weighted by atomic mass is 32.1. The smallest absolute Gasteiger partial charge is 0.0794 e. The molecule has 0 spiro atoms. The maximum absolute atomic E-state index is 5.47. The van der Waals surface area contributed by atoms with Gasteiger partial charge in [0, 0.05) is 42.2 Å². The Morgan fingerprint density at radius 3 is 2.79 bits per heavy atom. The Kier molecular flexibility index (Phi) is 5.33. The summed E-state index contributed by atoms with van der Waals surface area (Å²) in [5.74, 6) is 0. The maximum atomic E-state index is 5.47. The van der Waals surface area contributed by atoms with Crippen LogP contribution in [0.4, 0.5) is 0 Å². The normalized spacial score (nSPS) is 19.5. The van der Waals surface area contributed by atoms with Crippen molar-refractivity contribution in [3.05, 3.63) is 16.6 Å². The monoisotopic (exact) mass is 283 g/mol. The first-order chi connectivity index (χ1) is 9.14. The second kappa shape index (κ2) is 6.79. The van der Waals surface area contributed by atoms with Crippen LogP contribution in [0.1, 0.15) is 25.6 Å². The molecular formula is C14H25N3OS. The van der Waals surface area contributed by atoms with Crippen LogP contribution >= 0.6 is 11.3 Å². The molecule has 1 unspecified atom stereocenters. The van der Waals surface area contributed by atoms with Crippen molar-refractivity contribution >= 4 is 11.3 Å². The van der Waals surface area contributed by atoms with E-state index >= 15 is 0 Å². The molecule has 1 aliphatic rings. The minimum absolute atomic E-state index is 0.129. The minimum atomic E-state index is 0.129. The molecular weight excluding hydrogens is 258 g/mol. The quantitative estimate of drug-likeness (QED) is 0.863. The highest BCUT2D eigenvalue weighted by molar-refractivity contribution is 7.09. The average molecular weight is 283 g/mol. The van der Waals surface area contributed by atoms with E-state index in [1.807, 2.05) is 11.7 Å². The van der Waals surface area contributed by atoms with Crippen LogP contribution in [0, 0.1) is 0 Å². The van der Waals surface area contributed by atoms with E-state index in [1.54, 1.807) is 11.3 Å². The van der Waals surface area contributed by atoms with E-state index in [0.29, 0.717) is 6.04 Å². The molecule has 0 amide bonds. The van der Waals surface area contributed by atoms with Gasteiger partial charge in [0.15, 0.2) is 0 Å². The summed E-state index contributed by atoms with van der Waals surface area (Å²) in [4.78, 5) is 8.09. The number of hydrogen-bond donors (Lipinski definition) is 1. The summed E-state index contributed by atoms with van der Waals surface area (Å²) in [5, 5.41) is 3.65. The second-order valence-corrected chi connectivity index (χ2v) is 6.51. The Morgan fingerprint density at radius 2 is 2.21 bits per heavy atom. The van der Waals surface area contributed by atoms with E-state index < -0.39 is 0 Å². The lowest BCUT2D eigenvalue weighted by atomic mass is 9.89. The SMILES string of the molecule is CCNC(Cc1cncs1)C(C)(C)N1CCOCC1. The standard InChI is InChI=1S/C14H25N3OS/c1-4-16-13(9-12-10-15-11-19-12)14(2,3)17-5-7-18-8-6-17/h10-11,13,16H,4-9H2,1-3H3. The van der Waals surface area contributed by atoms with Crippen molar-refractivity contribution in [1.82, 2.24) is 15.2 Å². The van der Waals surface area contributed by atoms with Gasteiger partial charge in [-0.15, -0.1) is 11.3 Å². The van der Waals surface area contributed by atoms with Gasteiger partial charge in [0.2, 0.25) is 0 Å². The Labute approximate surface area is 120 Å². The number of thiazole rings is 1. The van der Waals surface area contributed by atoms with E-state index in [1.165, 1.54) is 4.88 Å². The summed E-state index contributed by atoms with van der Waals surface area (Å²) < 4.78 is 5.47. The van der Waals surface area contributed by atoms with Gasteiger partial charge < -0.3 is 10.1 Å². The lowest BCUT2D eigenvalue weighted by molar-refractivity contribution is -0.0229. The first kappa shape index (κ1) is 14.9. The van der Waals surface area contributed by atoms with E-state index in [4.69, 9.17) is 4.74 Å².